The molecule has 6 heteroatoms. The first kappa shape index (κ1) is 17.8. The summed E-state index contributed by atoms with van der Waals surface area (Å²) in [6.45, 7) is 2.15. The zero-order valence-electron chi connectivity index (χ0n) is 14.4. The Morgan fingerprint density at radius 2 is 2.04 bits per heavy atom. The summed E-state index contributed by atoms with van der Waals surface area (Å²) < 4.78 is 21.0. The van der Waals surface area contributed by atoms with Crippen LogP contribution in [0.15, 0.2) is 54.0 Å². The van der Waals surface area contributed by atoms with E-state index in [1.54, 1.807) is 17.5 Å². The van der Waals surface area contributed by atoms with E-state index >= 15 is 0 Å². The second kappa shape index (κ2) is 8.38. The van der Waals surface area contributed by atoms with Crippen molar-refractivity contribution in [2.45, 2.75) is 12.6 Å². The number of nitrogens with zero attached hydrogens (tertiary/aromatic N) is 3. The van der Waals surface area contributed by atoms with Crippen molar-refractivity contribution < 1.29 is 9.13 Å². The van der Waals surface area contributed by atoms with Crippen molar-refractivity contribution in [1.82, 2.24) is 14.7 Å². The van der Waals surface area contributed by atoms with E-state index in [0.717, 1.165) is 24.3 Å². The van der Waals surface area contributed by atoms with E-state index in [0.29, 0.717) is 6.61 Å². The molecule has 0 aliphatic heterocycles. The maximum atomic E-state index is 13.0. The minimum Gasteiger partial charge on any atom is -0.365 e. The topological polar surface area (TPSA) is 30.3 Å². The highest BCUT2D eigenvalue weighted by Gasteiger charge is 2.19. The number of thiophene rings is 1. The highest BCUT2D eigenvalue weighted by Crippen LogP contribution is 2.28. The minimum absolute atomic E-state index is 0.105. The predicted octanol–water partition coefficient (Wildman–Crippen LogP) is 3.86. The number of hydrogen-bond donors (Lipinski definition) is 0. The van der Waals surface area contributed by atoms with Crippen LogP contribution in [0.25, 0.3) is 0 Å². The fraction of sp³-hybridized carbons (Fsp3) is 0.316. The van der Waals surface area contributed by atoms with Crippen LogP contribution >= 0.6 is 11.3 Å². The van der Waals surface area contributed by atoms with Gasteiger partial charge < -0.3 is 4.74 Å². The Bertz CT molecular complexity index is 770. The number of ether oxygens (including phenoxy) is 1. The molecule has 1 unspecified atom stereocenters. The molecular formula is C19H22FN3OS. The minimum atomic E-state index is -0.204. The number of halogens is 1. The number of aryl methyl sites for hydroxylation is 1. The highest BCUT2D eigenvalue weighted by atomic mass is 32.1. The van der Waals surface area contributed by atoms with Crippen molar-refractivity contribution >= 4 is 11.3 Å². The van der Waals surface area contributed by atoms with Gasteiger partial charge in [-0.2, -0.15) is 5.10 Å². The molecule has 0 spiro atoms. The van der Waals surface area contributed by atoms with Crippen molar-refractivity contribution in [2.24, 2.45) is 7.05 Å². The summed E-state index contributed by atoms with van der Waals surface area (Å²) in [6, 6.07) is 12.7. The van der Waals surface area contributed by atoms with Gasteiger partial charge in [0.1, 0.15) is 11.9 Å². The first-order valence-corrected chi connectivity index (χ1v) is 9.07. The van der Waals surface area contributed by atoms with Gasteiger partial charge >= 0.3 is 0 Å². The number of likely N-dealkylation sites (N-methyl/N-ethyl adjacent to an activating group) is 1. The average molecular weight is 359 g/mol. The van der Waals surface area contributed by atoms with E-state index in [1.807, 2.05) is 43.0 Å². The standard InChI is InChI=1S/C19H22FN3OS/c1-22(14-15-5-7-16(20)8-6-15)11-12-24-19(18-4-3-13-25-18)17-9-10-21-23(17)2/h3-10,13,19H,11-12,14H2,1-2H3. The van der Waals surface area contributed by atoms with Crippen molar-refractivity contribution in [3.63, 3.8) is 0 Å². The summed E-state index contributed by atoms with van der Waals surface area (Å²) in [5, 5.41) is 6.31. The van der Waals surface area contributed by atoms with Gasteiger partial charge in [0.25, 0.3) is 0 Å². The lowest BCUT2D eigenvalue weighted by Gasteiger charge is -2.21. The number of rotatable bonds is 8. The molecule has 1 aromatic carbocycles. The molecule has 0 saturated carbocycles. The van der Waals surface area contributed by atoms with E-state index in [-0.39, 0.29) is 11.9 Å². The Morgan fingerprint density at radius 3 is 2.68 bits per heavy atom. The molecule has 0 aliphatic carbocycles. The smallest absolute Gasteiger partial charge is 0.133 e. The second-order valence-electron chi connectivity index (χ2n) is 6.01. The molecule has 0 amide bonds. The molecule has 4 nitrogen and oxygen atoms in total. The lowest BCUT2D eigenvalue weighted by molar-refractivity contribution is 0.0609. The molecule has 25 heavy (non-hydrogen) atoms. The van der Waals surface area contributed by atoms with Gasteiger partial charge in [-0.1, -0.05) is 18.2 Å². The molecule has 132 valence electrons. The fourth-order valence-corrected chi connectivity index (χ4v) is 3.49. The van der Waals surface area contributed by atoms with Crippen LogP contribution in [-0.4, -0.2) is 34.9 Å². The van der Waals surface area contributed by atoms with Crippen LogP contribution in [0, 0.1) is 5.82 Å². The van der Waals surface area contributed by atoms with E-state index < -0.39 is 0 Å². The molecule has 0 aliphatic rings. The molecule has 1 atom stereocenters. The van der Waals surface area contributed by atoms with Crippen LogP contribution in [0.5, 0.6) is 0 Å². The van der Waals surface area contributed by atoms with Crippen LogP contribution in [0.2, 0.25) is 0 Å². The first-order valence-electron chi connectivity index (χ1n) is 8.19. The summed E-state index contributed by atoms with van der Waals surface area (Å²) >= 11 is 1.69. The Morgan fingerprint density at radius 1 is 1.24 bits per heavy atom. The Hall–Kier alpha value is -2.02. The normalized spacial score (nSPS) is 12.6. The monoisotopic (exact) mass is 359 g/mol. The summed E-state index contributed by atoms with van der Waals surface area (Å²) in [7, 11) is 3.97. The average Bonchev–Trinajstić information content (AvgIpc) is 3.26. The SMILES string of the molecule is CN(CCOC(c1cccs1)c1ccnn1C)Cc1ccc(F)cc1. The van der Waals surface area contributed by atoms with Gasteiger partial charge in [-0.15, -0.1) is 11.3 Å². The maximum absolute atomic E-state index is 13.0. The molecule has 0 saturated heterocycles. The zero-order chi connectivity index (χ0) is 17.6. The van der Waals surface area contributed by atoms with Gasteiger partial charge in [0.05, 0.1) is 12.3 Å². The van der Waals surface area contributed by atoms with E-state index in [9.17, 15) is 4.39 Å². The largest absolute Gasteiger partial charge is 0.365 e. The quantitative estimate of drug-likeness (QED) is 0.612. The van der Waals surface area contributed by atoms with Crippen molar-refractivity contribution in [1.29, 1.82) is 0 Å². The van der Waals surface area contributed by atoms with Crippen molar-refractivity contribution in [3.8, 4) is 0 Å². The fourth-order valence-electron chi connectivity index (χ4n) is 2.70. The molecule has 0 radical (unpaired) electrons. The molecule has 0 fully saturated rings. The Kier molecular flexibility index (Phi) is 5.96. The molecule has 3 aromatic rings. The van der Waals surface area contributed by atoms with Crippen molar-refractivity contribution in [2.75, 3.05) is 20.2 Å². The van der Waals surface area contributed by atoms with E-state index in [1.165, 1.54) is 17.0 Å². The highest BCUT2D eigenvalue weighted by molar-refractivity contribution is 7.10. The molecule has 3 rings (SSSR count). The maximum Gasteiger partial charge on any atom is 0.133 e. The van der Waals surface area contributed by atoms with Gasteiger partial charge in [-0.3, -0.25) is 9.58 Å². The first-order chi connectivity index (χ1) is 12.1. The molecule has 0 bridgehead atoms. The van der Waals surface area contributed by atoms with Crippen LogP contribution in [-0.2, 0) is 18.3 Å². The zero-order valence-corrected chi connectivity index (χ0v) is 15.2. The Labute approximate surface area is 151 Å². The summed E-state index contributed by atoms with van der Waals surface area (Å²) in [5.74, 6) is -0.204. The van der Waals surface area contributed by atoms with Crippen LogP contribution in [0.1, 0.15) is 22.2 Å². The van der Waals surface area contributed by atoms with Crippen LogP contribution in [0.4, 0.5) is 4.39 Å². The van der Waals surface area contributed by atoms with Crippen LogP contribution < -0.4 is 0 Å². The lowest BCUT2D eigenvalue weighted by Crippen LogP contribution is -2.24. The van der Waals surface area contributed by atoms with Gasteiger partial charge in [0.15, 0.2) is 0 Å². The van der Waals surface area contributed by atoms with Gasteiger partial charge in [0, 0.05) is 31.2 Å². The van der Waals surface area contributed by atoms with Crippen LogP contribution in [0.3, 0.4) is 0 Å². The number of benzene rings is 1. The molecule has 2 heterocycles. The molecular weight excluding hydrogens is 337 g/mol. The lowest BCUT2D eigenvalue weighted by atomic mass is 10.2. The van der Waals surface area contributed by atoms with Gasteiger partial charge in [-0.05, 0) is 42.3 Å². The number of aromatic nitrogens is 2. The Balaban J connectivity index is 1.56. The third-order valence-corrected chi connectivity index (χ3v) is 4.97. The summed E-state index contributed by atoms with van der Waals surface area (Å²) in [4.78, 5) is 3.34. The van der Waals surface area contributed by atoms with E-state index in [2.05, 4.69) is 21.4 Å². The van der Waals surface area contributed by atoms with Crippen molar-refractivity contribution in [3.05, 3.63) is 76.0 Å². The second-order valence-corrected chi connectivity index (χ2v) is 6.99. The summed E-state index contributed by atoms with van der Waals surface area (Å²) in [5.41, 5.74) is 2.13. The van der Waals surface area contributed by atoms with E-state index in [4.69, 9.17) is 4.74 Å². The third kappa shape index (κ3) is 4.75. The number of hydrogen-bond acceptors (Lipinski definition) is 4. The molecule has 0 N–H and O–H groups in total. The van der Waals surface area contributed by atoms with Gasteiger partial charge in [-0.25, -0.2) is 4.39 Å². The predicted molar refractivity (Wildman–Crippen MR) is 98.1 cm³/mol. The summed E-state index contributed by atoms with van der Waals surface area (Å²) in [6.07, 6.45) is 1.69. The third-order valence-electron chi connectivity index (χ3n) is 4.05. The van der Waals surface area contributed by atoms with Gasteiger partial charge in [0.2, 0.25) is 0 Å². The molecule has 2 aromatic heterocycles.